The third kappa shape index (κ3) is 5.87. The number of aliphatic imine (C=N–C) groups is 2. The first kappa shape index (κ1) is 25.4. The molecule has 6 nitrogen and oxygen atoms in total. The molecule has 0 aliphatic carbocycles. The molecular formula is C26H37N3O3. The highest BCUT2D eigenvalue weighted by Gasteiger charge is 2.33. The molecule has 0 N–H and O–H groups in total. The van der Waals surface area contributed by atoms with Gasteiger partial charge in [0.05, 0.1) is 0 Å². The summed E-state index contributed by atoms with van der Waals surface area (Å²) in [6, 6.07) is 5.81. The third-order valence-corrected chi connectivity index (χ3v) is 5.02. The number of carbonyl (C=O) groups excluding carboxylic acids is 1. The SMILES string of the molecule is C/C=C\N=C(CC)N(C(=O)COc1cccc2c1OC(C)(C)C2)C1=NC(C)=CC1C.CC. The highest BCUT2D eigenvalue weighted by Crippen LogP contribution is 2.41. The van der Waals surface area contributed by atoms with E-state index in [2.05, 4.69) is 9.98 Å². The number of fused-ring (bicyclic) bond motifs is 1. The van der Waals surface area contributed by atoms with Crippen LogP contribution >= 0.6 is 0 Å². The Morgan fingerprint density at radius 3 is 2.69 bits per heavy atom. The lowest BCUT2D eigenvalue weighted by atomic mass is 10.0. The maximum Gasteiger partial charge on any atom is 0.271 e. The molecule has 6 heteroatoms. The van der Waals surface area contributed by atoms with Crippen LogP contribution in [0, 0.1) is 5.92 Å². The molecule has 2 heterocycles. The van der Waals surface area contributed by atoms with Crippen molar-refractivity contribution in [3.63, 3.8) is 0 Å². The van der Waals surface area contributed by atoms with Crippen molar-refractivity contribution in [2.45, 2.75) is 73.8 Å². The number of rotatable bonds is 5. The molecule has 1 aromatic rings. The fourth-order valence-corrected chi connectivity index (χ4v) is 3.79. The molecule has 0 saturated heterocycles. The molecule has 2 aliphatic rings. The Labute approximate surface area is 192 Å². The second-order valence-corrected chi connectivity index (χ2v) is 8.25. The molecule has 0 fully saturated rings. The maximum absolute atomic E-state index is 13.3. The van der Waals surface area contributed by atoms with Crippen molar-refractivity contribution in [3.05, 3.63) is 47.8 Å². The van der Waals surface area contributed by atoms with Crippen molar-refractivity contribution in [3.8, 4) is 11.5 Å². The number of hydrogen-bond acceptors (Lipinski definition) is 5. The summed E-state index contributed by atoms with van der Waals surface area (Å²) in [4.78, 5) is 24.0. The van der Waals surface area contributed by atoms with Gasteiger partial charge < -0.3 is 9.47 Å². The first-order valence-electron chi connectivity index (χ1n) is 11.5. The van der Waals surface area contributed by atoms with Crippen molar-refractivity contribution >= 4 is 17.6 Å². The summed E-state index contributed by atoms with van der Waals surface area (Å²) in [5.41, 5.74) is 1.72. The number of nitrogens with zero attached hydrogens (tertiary/aromatic N) is 3. The average molecular weight is 440 g/mol. The smallest absolute Gasteiger partial charge is 0.271 e. The Balaban J connectivity index is 0.00000176. The lowest BCUT2D eigenvalue weighted by molar-refractivity contribution is -0.126. The molecule has 1 atom stereocenters. The largest absolute Gasteiger partial charge is 0.483 e. The van der Waals surface area contributed by atoms with Gasteiger partial charge in [-0.1, -0.05) is 52.0 Å². The van der Waals surface area contributed by atoms with Gasteiger partial charge in [-0.25, -0.2) is 9.98 Å². The van der Waals surface area contributed by atoms with Crippen molar-refractivity contribution < 1.29 is 14.3 Å². The summed E-state index contributed by atoms with van der Waals surface area (Å²) < 4.78 is 12.0. The van der Waals surface area contributed by atoms with Gasteiger partial charge in [-0.3, -0.25) is 9.69 Å². The van der Waals surface area contributed by atoms with Gasteiger partial charge in [0.25, 0.3) is 5.91 Å². The van der Waals surface area contributed by atoms with Crippen LogP contribution in [0.25, 0.3) is 0 Å². The fourth-order valence-electron chi connectivity index (χ4n) is 3.79. The van der Waals surface area contributed by atoms with Gasteiger partial charge in [0.15, 0.2) is 18.1 Å². The zero-order valence-electron chi connectivity index (χ0n) is 20.7. The molecule has 32 heavy (non-hydrogen) atoms. The van der Waals surface area contributed by atoms with Crippen molar-refractivity contribution in [1.82, 2.24) is 4.90 Å². The van der Waals surface area contributed by atoms with E-state index >= 15 is 0 Å². The number of amides is 1. The van der Waals surface area contributed by atoms with Gasteiger partial charge in [-0.05, 0) is 33.8 Å². The minimum absolute atomic E-state index is 0.0291. The number of benzene rings is 1. The molecule has 0 spiro atoms. The van der Waals surface area contributed by atoms with Crippen molar-refractivity contribution in [2.24, 2.45) is 15.9 Å². The minimum atomic E-state index is -0.274. The number of para-hydroxylation sites is 1. The number of carbonyl (C=O) groups is 1. The lowest BCUT2D eigenvalue weighted by Crippen LogP contribution is -2.45. The van der Waals surface area contributed by atoms with Crippen LogP contribution in [0.15, 0.2) is 52.2 Å². The molecule has 0 saturated carbocycles. The van der Waals surface area contributed by atoms with Crippen LogP contribution in [0.1, 0.15) is 67.4 Å². The number of allylic oxidation sites excluding steroid dienone is 2. The van der Waals surface area contributed by atoms with Gasteiger partial charge >= 0.3 is 0 Å². The Bertz CT molecular complexity index is 942. The monoisotopic (exact) mass is 439 g/mol. The van der Waals surface area contributed by atoms with Gasteiger partial charge in [-0.2, -0.15) is 0 Å². The van der Waals surface area contributed by atoms with Crippen molar-refractivity contribution in [2.75, 3.05) is 6.61 Å². The molecule has 1 unspecified atom stereocenters. The molecule has 174 valence electrons. The van der Waals surface area contributed by atoms with Crippen LogP contribution in [0.3, 0.4) is 0 Å². The topological polar surface area (TPSA) is 63.5 Å². The number of amidine groups is 2. The van der Waals surface area contributed by atoms with Gasteiger partial charge in [0.1, 0.15) is 17.3 Å². The van der Waals surface area contributed by atoms with Crippen LogP contribution in [0.4, 0.5) is 0 Å². The molecule has 3 rings (SSSR count). The van der Waals surface area contributed by atoms with E-state index in [1.54, 1.807) is 11.1 Å². The predicted molar refractivity (Wildman–Crippen MR) is 131 cm³/mol. The second-order valence-electron chi connectivity index (χ2n) is 8.25. The summed E-state index contributed by atoms with van der Waals surface area (Å²) in [6.45, 7) is 15.8. The van der Waals surface area contributed by atoms with Crippen LogP contribution in [0.2, 0.25) is 0 Å². The summed E-state index contributed by atoms with van der Waals surface area (Å²) in [6.07, 6.45) is 6.98. The summed E-state index contributed by atoms with van der Waals surface area (Å²) in [7, 11) is 0. The predicted octanol–water partition coefficient (Wildman–Crippen LogP) is 5.93. The second kappa shape index (κ2) is 11.1. The van der Waals surface area contributed by atoms with E-state index in [0.29, 0.717) is 23.8 Å². The standard InChI is InChI=1S/C24H31N3O3.C2H6/c1-7-12-25-20(8-2)27(23-16(3)13-17(4)26-23)21(28)15-29-19-11-9-10-18-14-24(5,6)30-22(18)19;1-2/h7,9-13,16H,8,14-15H2,1-6H3;1-2H3/b12-7-,25-20?;. The molecule has 0 bridgehead atoms. The van der Waals surface area contributed by atoms with E-state index in [1.165, 1.54) is 0 Å². The molecule has 0 aromatic heterocycles. The quantitative estimate of drug-likeness (QED) is 0.422. The minimum Gasteiger partial charge on any atom is -0.483 e. The van der Waals surface area contributed by atoms with E-state index in [-0.39, 0.29) is 24.0 Å². The Morgan fingerprint density at radius 1 is 1.38 bits per heavy atom. The zero-order chi connectivity index (χ0) is 23.9. The molecular weight excluding hydrogens is 402 g/mol. The normalized spacial score (nSPS) is 18.9. The molecule has 1 aromatic carbocycles. The first-order chi connectivity index (χ1) is 15.3. The van der Waals surface area contributed by atoms with Crippen LogP contribution in [0.5, 0.6) is 11.5 Å². The third-order valence-electron chi connectivity index (χ3n) is 5.02. The molecule has 1 amide bonds. The summed E-state index contributed by atoms with van der Waals surface area (Å²) in [5, 5.41) is 0. The summed E-state index contributed by atoms with van der Waals surface area (Å²) in [5.74, 6) is 2.47. The fraction of sp³-hybridized carbons (Fsp3) is 0.500. The highest BCUT2D eigenvalue weighted by atomic mass is 16.5. The van der Waals surface area contributed by atoms with E-state index in [4.69, 9.17) is 9.47 Å². The van der Waals surface area contributed by atoms with E-state index in [0.717, 1.165) is 23.4 Å². The number of ether oxygens (including phenoxy) is 2. The highest BCUT2D eigenvalue weighted by molar-refractivity contribution is 6.16. The van der Waals surface area contributed by atoms with E-state index in [1.807, 2.05) is 85.7 Å². The van der Waals surface area contributed by atoms with Crippen LogP contribution in [-0.4, -0.2) is 34.7 Å². The molecule has 0 radical (unpaired) electrons. The Morgan fingerprint density at radius 2 is 2.09 bits per heavy atom. The maximum atomic E-state index is 13.3. The lowest BCUT2D eigenvalue weighted by Gasteiger charge is -2.26. The molecule has 2 aliphatic heterocycles. The van der Waals surface area contributed by atoms with E-state index in [9.17, 15) is 4.79 Å². The summed E-state index contributed by atoms with van der Waals surface area (Å²) >= 11 is 0. The van der Waals surface area contributed by atoms with E-state index < -0.39 is 0 Å². The average Bonchev–Trinajstić information content (AvgIpc) is 3.26. The van der Waals surface area contributed by atoms with Gasteiger partial charge in [0.2, 0.25) is 0 Å². The van der Waals surface area contributed by atoms with Crippen LogP contribution in [-0.2, 0) is 11.2 Å². The first-order valence-corrected chi connectivity index (χ1v) is 11.5. The van der Waals surface area contributed by atoms with Crippen LogP contribution < -0.4 is 9.47 Å². The zero-order valence-corrected chi connectivity index (χ0v) is 20.7. The Kier molecular flexibility index (Phi) is 8.81. The van der Waals surface area contributed by atoms with Crippen molar-refractivity contribution in [1.29, 1.82) is 0 Å². The van der Waals surface area contributed by atoms with Gasteiger partial charge in [0, 0.05) is 36.2 Å². The van der Waals surface area contributed by atoms with Gasteiger partial charge in [-0.15, -0.1) is 0 Å². The number of hydrogen-bond donors (Lipinski definition) is 0. The Hall–Kier alpha value is -2.89.